The number of rotatable bonds is 8. The molecule has 3 aromatic rings. The fraction of sp³-hybridized carbons (Fsp3) is 0.393. The maximum Gasteiger partial charge on any atom is 0.335 e. The number of methoxy groups -OCH3 is 1. The molecule has 3 heterocycles. The van der Waals surface area contributed by atoms with E-state index in [9.17, 15) is 60.3 Å². The number of phenols is 2. The van der Waals surface area contributed by atoms with Gasteiger partial charge in [0.25, 0.3) is 0 Å². The van der Waals surface area contributed by atoms with Crippen LogP contribution in [0.2, 0.25) is 0 Å². The fourth-order valence-corrected chi connectivity index (χ4v) is 5.02. The first-order valence-corrected chi connectivity index (χ1v) is 13.4. The predicted molar refractivity (Wildman–Crippen MR) is 146 cm³/mol. The number of carboxylic acids is 2. The number of aliphatic carboxylic acids is 2. The molecule has 0 bridgehead atoms. The number of hydrogen-bond acceptors (Lipinski definition) is 16. The highest BCUT2D eigenvalue weighted by atomic mass is 16.8. The molecule has 10 atom stereocenters. The molecule has 9 N–H and O–H groups in total. The van der Waals surface area contributed by atoms with Gasteiger partial charge in [-0.1, -0.05) is 0 Å². The minimum Gasteiger partial charge on any atom is -0.507 e. The second kappa shape index (κ2) is 12.7. The molecule has 5 rings (SSSR count). The standard InChI is InChI=1S/C28H28O18/c1-41-14-4-8(2-3-10(14)29)13-7-12(31)16-11(30)5-9(6-15(16)43-13)42-28-24(20(35)19(34)23(45-28)26(39)40)46-27-21(36)17(32)18(33)22(44-27)25(37)38/h2-7,17-24,27-30,32-36H,1H3,(H,37,38)(H,39,40)/t17-,18-,19-,20-,21-,22-,23-,24+,27-,28+/m0/s1. The number of aromatic hydroxyl groups is 2. The minimum absolute atomic E-state index is 0.0240. The van der Waals surface area contributed by atoms with Gasteiger partial charge in [0.2, 0.25) is 6.29 Å². The van der Waals surface area contributed by atoms with Crippen molar-refractivity contribution >= 4 is 22.9 Å². The maximum absolute atomic E-state index is 12.9. The molecule has 248 valence electrons. The van der Waals surface area contributed by atoms with Gasteiger partial charge in [0, 0.05) is 23.8 Å². The zero-order chi connectivity index (χ0) is 33.6. The van der Waals surface area contributed by atoms with E-state index in [1.165, 1.54) is 25.3 Å². The number of phenolic OH excluding ortho intramolecular Hbond substituents is 2. The summed E-state index contributed by atoms with van der Waals surface area (Å²) in [6.45, 7) is 0. The molecule has 0 aliphatic carbocycles. The largest absolute Gasteiger partial charge is 0.507 e. The molecule has 2 fully saturated rings. The lowest BCUT2D eigenvalue weighted by atomic mass is 9.97. The van der Waals surface area contributed by atoms with Crippen LogP contribution in [0.15, 0.2) is 45.6 Å². The Bertz CT molecular complexity index is 1690. The van der Waals surface area contributed by atoms with Crippen molar-refractivity contribution in [2.24, 2.45) is 0 Å². The van der Waals surface area contributed by atoms with Crippen LogP contribution in [-0.4, -0.2) is 126 Å². The van der Waals surface area contributed by atoms with Gasteiger partial charge in [-0.05, 0) is 18.2 Å². The lowest BCUT2D eigenvalue weighted by Crippen LogP contribution is -2.66. The summed E-state index contributed by atoms with van der Waals surface area (Å²) in [5.74, 6) is -4.64. The van der Waals surface area contributed by atoms with Gasteiger partial charge in [-0.15, -0.1) is 0 Å². The van der Waals surface area contributed by atoms with E-state index in [2.05, 4.69) is 0 Å². The first-order valence-electron chi connectivity index (χ1n) is 13.4. The lowest BCUT2D eigenvalue weighted by molar-refractivity contribution is -0.350. The van der Waals surface area contributed by atoms with Crippen molar-refractivity contribution < 1.29 is 83.6 Å². The summed E-state index contributed by atoms with van der Waals surface area (Å²) >= 11 is 0. The summed E-state index contributed by atoms with van der Waals surface area (Å²) in [6, 6.07) is 7.18. The molecule has 18 nitrogen and oxygen atoms in total. The Hall–Kier alpha value is -4.53. The Kier molecular flexibility index (Phi) is 9.07. The lowest BCUT2D eigenvalue weighted by Gasteiger charge is -2.44. The maximum atomic E-state index is 12.9. The highest BCUT2D eigenvalue weighted by Crippen LogP contribution is 2.36. The average Bonchev–Trinajstić information content (AvgIpc) is 3.00. The number of carboxylic acid groups (broad SMARTS) is 2. The van der Waals surface area contributed by atoms with Crippen molar-refractivity contribution in [3.63, 3.8) is 0 Å². The summed E-state index contributed by atoms with van der Waals surface area (Å²) in [7, 11) is 1.31. The van der Waals surface area contributed by atoms with E-state index in [4.69, 9.17) is 28.1 Å². The van der Waals surface area contributed by atoms with E-state index in [1.54, 1.807) is 0 Å². The summed E-state index contributed by atoms with van der Waals surface area (Å²) in [4.78, 5) is 36.2. The first kappa shape index (κ1) is 32.9. The average molecular weight is 653 g/mol. The predicted octanol–water partition coefficient (Wildman–Crippen LogP) is -1.93. The van der Waals surface area contributed by atoms with Crippen LogP contribution in [0.4, 0.5) is 0 Å². The molecule has 0 spiro atoms. The molecule has 46 heavy (non-hydrogen) atoms. The van der Waals surface area contributed by atoms with Crippen LogP contribution in [0.25, 0.3) is 22.3 Å². The number of aliphatic hydroxyl groups excluding tert-OH is 5. The highest BCUT2D eigenvalue weighted by molar-refractivity contribution is 5.86. The molecule has 2 aliphatic heterocycles. The molecule has 0 radical (unpaired) electrons. The van der Waals surface area contributed by atoms with E-state index < -0.39 is 84.5 Å². The summed E-state index contributed by atoms with van der Waals surface area (Å²) in [5, 5.41) is 90.8. The van der Waals surface area contributed by atoms with Crippen LogP contribution in [0, 0.1) is 0 Å². The van der Waals surface area contributed by atoms with Gasteiger partial charge in [0.05, 0.1) is 7.11 Å². The number of aliphatic hydroxyl groups is 5. The van der Waals surface area contributed by atoms with Gasteiger partial charge in [-0.2, -0.15) is 0 Å². The highest BCUT2D eigenvalue weighted by Gasteiger charge is 2.54. The molecule has 0 amide bonds. The third kappa shape index (κ3) is 6.02. The topological polar surface area (TPSA) is 293 Å². The van der Waals surface area contributed by atoms with E-state index in [0.29, 0.717) is 5.56 Å². The zero-order valence-electron chi connectivity index (χ0n) is 23.4. The molecule has 18 heteroatoms. The second-order valence-corrected chi connectivity index (χ2v) is 10.4. The Balaban J connectivity index is 1.51. The zero-order valence-corrected chi connectivity index (χ0v) is 23.4. The van der Waals surface area contributed by atoms with E-state index >= 15 is 0 Å². The van der Waals surface area contributed by atoms with Gasteiger partial charge >= 0.3 is 11.9 Å². The van der Waals surface area contributed by atoms with E-state index in [-0.39, 0.29) is 34.0 Å². The Labute approximate surface area is 256 Å². The second-order valence-electron chi connectivity index (χ2n) is 10.4. The molecule has 2 aromatic carbocycles. The number of carbonyl (C=O) groups is 2. The number of benzene rings is 2. The van der Waals surface area contributed by atoms with Crippen molar-refractivity contribution in [1.29, 1.82) is 0 Å². The van der Waals surface area contributed by atoms with Gasteiger partial charge < -0.3 is 74.1 Å². The number of ether oxygens (including phenoxy) is 5. The van der Waals surface area contributed by atoms with Crippen molar-refractivity contribution in [3.05, 3.63) is 46.6 Å². The van der Waals surface area contributed by atoms with E-state index in [0.717, 1.165) is 18.2 Å². The Morgan fingerprint density at radius 3 is 2.02 bits per heavy atom. The number of fused-ring (bicyclic) bond motifs is 1. The van der Waals surface area contributed by atoms with Crippen LogP contribution in [-0.2, 0) is 23.8 Å². The molecule has 1 aromatic heterocycles. The van der Waals surface area contributed by atoms with Crippen LogP contribution in [0.3, 0.4) is 0 Å². The van der Waals surface area contributed by atoms with Crippen molar-refractivity contribution in [2.45, 2.75) is 61.4 Å². The minimum atomic E-state index is -2.17. The normalized spacial score (nSPS) is 31.3. The third-order valence-corrected chi connectivity index (χ3v) is 7.39. The third-order valence-electron chi connectivity index (χ3n) is 7.39. The van der Waals surface area contributed by atoms with Crippen LogP contribution >= 0.6 is 0 Å². The molecule has 0 unspecified atom stereocenters. The van der Waals surface area contributed by atoms with Gasteiger partial charge in [0.1, 0.15) is 58.7 Å². The fourth-order valence-electron chi connectivity index (χ4n) is 5.02. The molecular formula is C28H28O18. The summed E-state index contributed by atoms with van der Waals surface area (Å²) in [5.41, 5.74) is -0.646. The summed E-state index contributed by atoms with van der Waals surface area (Å²) in [6.07, 6.45) is -20.9. The van der Waals surface area contributed by atoms with Crippen molar-refractivity contribution in [3.8, 4) is 34.3 Å². The quantitative estimate of drug-likeness (QED) is 0.128. The number of hydrogen-bond donors (Lipinski definition) is 9. The Morgan fingerprint density at radius 1 is 0.761 bits per heavy atom. The molecule has 0 saturated carbocycles. The van der Waals surface area contributed by atoms with Crippen LogP contribution in [0.1, 0.15) is 0 Å². The van der Waals surface area contributed by atoms with Gasteiger partial charge in [-0.3, -0.25) is 4.79 Å². The van der Waals surface area contributed by atoms with Crippen LogP contribution in [0.5, 0.6) is 23.0 Å². The molecule has 2 aliphatic rings. The van der Waals surface area contributed by atoms with Gasteiger partial charge in [0.15, 0.2) is 41.5 Å². The summed E-state index contributed by atoms with van der Waals surface area (Å²) < 4.78 is 32.4. The van der Waals surface area contributed by atoms with Gasteiger partial charge in [-0.25, -0.2) is 9.59 Å². The Morgan fingerprint density at radius 2 is 1.39 bits per heavy atom. The first-order chi connectivity index (χ1) is 21.7. The van der Waals surface area contributed by atoms with Crippen molar-refractivity contribution in [1.82, 2.24) is 0 Å². The smallest absolute Gasteiger partial charge is 0.335 e. The van der Waals surface area contributed by atoms with Crippen LogP contribution < -0.4 is 14.9 Å². The molecular weight excluding hydrogens is 624 g/mol. The molecule has 2 saturated heterocycles. The van der Waals surface area contributed by atoms with E-state index in [1.807, 2.05) is 0 Å². The van der Waals surface area contributed by atoms with Crippen molar-refractivity contribution in [2.75, 3.05) is 7.11 Å². The SMILES string of the molecule is COc1cc(-c2cc(=O)c3c(O)cc(O[C@@H]4O[C@H](C(=O)O)[C@@H](O)[C@H](O)[C@H]4O[C@@H]4O[C@H](C(=O)O)[C@@H](O)[C@H](O)[C@@H]4O)cc3o2)ccc1O. The monoisotopic (exact) mass is 652 g/mol.